The van der Waals surface area contributed by atoms with Crippen molar-refractivity contribution < 1.29 is 0 Å². The standard InChI is InChI=1S/C22H34S/c1-8-15-23-22(21(6,7)18-11-9-10-12-18)14-13-17(2)16-19(22)20(3,4)5/h9,11-13,16H,8,10,14-15H2,1-7H3. The zero-order valence-corrected chi connectivity index (χ0v) is 16.9. The first kappa shape index (κ1) is 18.6. The van der Waals surface area contributed by atoms with E-state index in [1.54, 1.807) is 5.57 Å². The van der Waals surface area contributed by atoms with Crippen LogP contribution in [0.4, 0.5) is 0 Å². The molecule has 0 N–H and O–H groups in total. The summed E-state index contributed by atoms with van der Waals surface area (Å²) in [6, 6.07) is 0. The summed E-state index contributed by atoms with van der Waals surface area (Å²) in [5, 5.41) is 0. The van der Waals surface area contributed by atoms with Crippen LogP contribution in [0.5, 0.6) is 0 Å². The molecule has 0 saturated heterocycles. The minimum absolute atomic E-state index is 0.135. The lowest BCUT2D eigenvalue weighted by molar-refractivity contribution is 0.300. The van der Waals surface area contributed by atoms with Gasteiger partial charge in [-0.25, -0.2) is 0 Å². The van der Waals surface area contributed by atoms with Gasteiger partial charge >= 0.3 is 0 Å². The molecule has 0 radical (unpaired) electrons. The van der Waals surface area contributed by atoms with Gasteiger partial charge in [0.2, 0.25) is 0 Å². The maximum atomic E-state index is 2.48. The molecule has 128 valence electrons. The van der Waals surface area contributed by atoms with Crippen molar-refractivity contribution in [1.82, 2.24) is 0 Å². The molecule has 0 spiro atoms. The Morgan fingerprint density at radius 2 is 1.83 bits per heavy atom. The molecule has 0 heterocycles. The van der Waals surface area contributed by atoms with Crippen LogP contribution in [-0.2, 0) is 0 Å². The van der Waals surface area contributed by atoms with Crippen LogP contribution in [0.3, 0.4) is 0 Å². The number of rotatable bonds is 5. The predicted octanol–water partition coefficient (Wildman–Crippen LogP) is 7.10. The van der Waals surface area contributed by atoms with Crippen LogP contribution in [0.2, 0.25) is 0 Å². The molecule has 1 atom stereocenters. The molecule has 0 aromatic carbocycles. The number of allylic oxidation sites excluding steroid dienone is 7. The van der Waals surface area contributed by atoms with E-state index in [1.165, 1.54) is 23.3 Å². The molecule has 23 heavy (non-hydrogen) atoms. The van der Waals surface area contributed by atoms with Gasteiger partial charge in [0.25, 0.3) is 0 Å². The fraction of sp³-hybridized carbons (Fsp3) is 0.636. The first-order chi connectivity index (χ1) is 10.6. The largest absolute Gasteiger partial charge is 0.149 e. The molecule has 2 rings (SSSR count). The van der Waals surface area contributed by atoms with E-state index in [1.807, 2.05) is 0 Å². The Bertz CT molecular complexity index is 563. The van der Waals surface area contributed by atoms with E-state index < -0.39 is 0 Å². The van der Waals surface area contributed by atoms with E-state index in [0.717, 1.165) is 12.8 Å². The minimum Gasteiger partial charge on any atom is -0.149 e. The summed E-state index contributed by atoms with van der Waals surface area (Å²) < 4.78 is 0.154. The van der Waals surface area contributed by atoms with Gasteiger partial charge in [0.1, 0.15) is 0 Å². The van der Waals surface area contributed by atoms with Crippen molar-refractivity contribution in [1.29, 1.82) is 0 Å². The lowest BCUT2D eigenvalue weighted by Gasteiger charge is -2.53. The average molecular weight is 331 g/mol. The third kappa shape index (κ3) is 3.40. The predicted molar refractivity (Wildman–Crippen MR) is 107 cm³/mol. The summed E-state index contributed by atoms with van der Waals surface area (Å²) in [6.07, 6.45) is 15.5. The number of hydrogen-bond donors (Lipinski definition) is 0. The third-order valence-electron chi connectivity index (χ3n) is 5.38. The molecule has 1 unspecified atom stereocenters. The van der Waals surface area contributed by atoms with E-state index >= 15 is 0 Å². The summed E-state index contributed by atoms with van der Waals surface area (Å²) in [7, 11) is 0. The Labute approximate surface area is 148 Å². The zero-order chi connectivity index (χ0) is 17.3. The molecule has 2 aliphatic rings. The fourth-order valence-electron chi connectivity index (χ4n) is 3.98. The van der Waals surface area contributed by atoms with Crippen molar-refractivity contribution >= 4 is 11.8 Å². The maximum Gasteiger partial charge on any atom is 0.0501 e. The maximum absolute atomic E-state index is 2.48. The van der Waals surface area contributed by atoms with Gasteiger partial charge in [-0.1, -0.05) is 77.5 Å². The van der Waals surface area contributed by atoms with Gasteiger partial charge in [-0.05, 0) is 48.5 Å². The summed E-state index contributed by atoms with van der Waals surface area (Å²) in [6.45, 7) is 16.6. The molecule has 2 aliphatic carbocycles. The molecule has 0 amide bonds. The molecule has 0 bridgehead atoms. The molecule has 0 aliphatic heterocycles. The Morgan fingerprint density at radius 1 is 1.13 bits per heavy atom. The van der Waals surface area contributed by atoms with Gasteiger partial charge in [0, 0.05) is 5.41 Å². The third-order valence-corrected chi connectivity index (χ3v) is 7.38. The van der Waals surface area contributed by atoms with Gasteiger partial charge in [0.05, 0.1) is 4.75 Å². The monoisotopic (exact) mass is 330 g/mol. The smallest absolute Gasteiger partial charge is 0.0501 e. The van der Waals surface area contributed by atoms with Crippen molar-refractivity contribution in [3.8, 4) is 0 Å². The highest BCUT2D eigenvalue weighted by molar-refractivity contribution is 8.00. The molecule has 0 aromatic rings. The van der Waals surface area contributed by atoms with Crippen LogP contribution in [-0.4, -0.2) is 10.5 Å². The first-order valence-corrected chi connectivity index (χ1v) is 10.0. The highest BCUT2D eigenvalue weighted by Gasteiger charge is 2.52. The number of thioether (sulfide) groups is 1. The molecule has 0 aromatic heterocycles. The second-order valence-electron chi connectivity index (χ2n) is 8.56. The van der Waals surface area contributed by atoms with Gasteiger partial charge in [-0.3, -0.25) is 0 Å². The van der Waals surface area contributed by atoms with Crippen molar-refractivity contribution in [2.24, 2.45) is 10.8 Å². The van der Waals surface area contributed by atoms with Gasteiger partial charge in [-0.15, -0.1) is 11.8 Å². The van der Waals surface area contributed by atoms with Crippen LogP contribution in [0.25, 0.3) is 0 Å². The first-order valence-electron chi connectivity index (χ1n) is 9.05. The SMILES string of the molecule is CCCSC1(C(C)(C)C2=CCC=C2)CC=C(C)C=C1C(C)(C)C. The highest BCUT2D eigenvalue weighted by atomic mass is 32.2. The topological polar surface area (TPSA) is 0 Å². The Kier molecular flexibility index (Phi) is 5.41. The lowest BCUT2D eigenvalue weighted by atomic mass is 9.61. The van der Waals surface area contributed by atoms with Crippen LogP contribution in [0.1, 0.15) is 67.7 Å². The van der Waals surface area contributed by atoms with E-state index in [0.29, 0.717) is 0 Å². The summed E-state index contributed by atoms with van der Waals surface area (Å²) >= 11 is 2.19. The normalized spacial score (nSPS) is 25.3. The number of hydrogen-bond acceptors (Lipinski definition) is 1. The van der Waals surface area contributed by atoms with Crippen LogP contribution >= 0.6 is 11.8 Å². The lowest BCUT2D eigenvalue weighted by Crippen LogP contribution is -2.48. The van der Waals surface area contributed by atoms with Crippen LogP contribution < -0.4 is 0 Å². The van der Waals surface area contributed by atoms with E-state index in [2.05, 4.69) is 90.6 Å². The molecule has 1 heteroatoms. The quantitative estimate of drug-likeness (QED) is 0.518. The van der Waals surface area contributed by atoms with Crippen molar-refractivity contribution in [2.45, 2.75) is 72.5 Å². The zero-order valence-electron chi connectivity index (χ0n) is 16.1. The molecule has 0 saturated carbocycles. The van der Waals surface area contributed by atoms with Crippen molar-refractivity contribution in [3.63, 3.8) is 0 Å². The van der Waals surface area contributed by atoms with E-state index in [4.69, 9.17) is 0 Å². The van der Waals surface area contributed by atoms with Crippen LogP contribution in [0, 0.1) is 10.8 Å². The summed E-state index contributed by atoms with van der Waals surface area (Å²) in [4.78, 5) is 0. The van der Waals surface area contributed by atoms with Crippen LogP contribution in [0.15, 0.2) is 47.1 Å². The average Bonchev–Trinajstić information content (AvgIpc) is 3.00. The molecular formula is C22H34S. The second kappa shape index (κ2) is 6.67. The molecular weight excluding hydrogens is 296 g/mol. The van der Waals surface area contributed by atoms with Gasteiger partial charge in [-0.2, -0.15) is 0 Å². The van der Waals surface area contributed by atoms with Gasteiger partial charge < -0.3 is 0 Å². The van der Waals surface area contributed by atoms with E-state index in [9.17, 15) is 0 Å². The molecule has 0 nitrogen and oxygen atoms in total. The van der Waals surface area contributed by atoms with E-state index in [-0.39, 0.29) is 15.6 Å². The van der Waals surface area contributed by atoms with Gasteiger partial charge in [0.15, 0.2) is 0 Å². The second-order valence-corrected chi connectivity index (χ2v) is 9.95. The highest BCUT2D eigenvalue weighted by Crippen LogP contribution is 2.59. The Hall–Kier alpha value is -0.690. The Balaban J connectivity index is 2.59. The van der Waals surface area contributed by atoms with Crippen molar-refractivity contribution in [2.75, 3.05) is 5.75 Å². The Morgan fingerprint density at radius 3 is 2.35 bits per heavy atom. The molecule has 0 fully saturated rings. The fourth-order valence-corrected chi connectivity index (χ4v) is 5.73. The minimum atomic E-state index is 0.135. The summed E-state index contributed by atoms with van der Waals surface area (Å²) in [5.74, 6) is 1.22. The van der Waals surface area contributed by atoms with Crippen molar-refractivity contribution in [3.05, 3.63) is 47.1 Å². The summed E-state index contributed by atoms with van der Waals surface area (Å²) in [5.41, 5.74) is 4.89.